The van der Waals surface area contributed by atoms with Crippen LogP contribution in [0.2, 0.25) is 0 Å². The van der Waals surface area contributed by atoms with Crippen LogP contribution in [0.25, 0.3) is 11.3 Å². The fourth-order valence-electron chi connectivity index (χ4n) is 3.18. The highest BCUT2D eigenvalue weighted by molar-refractivity contribution is 5.76. The van der Waals surface area contributed by atoms with Crippen LogP contribution in [-0.4, -0.2) is 29.9 Å². The normalized spacial score (nSPS) is 10.6. The van der Waals surface area contributed by atoms with Crippen LogP contribution in [0, 0.1) is 6.92 Å². The van der Waals surface area contributed by atoms with E-state index in [0.29, 0.717) is 30.9 Å². The van der Waals surface area contributed by atoms with Crippen molar-refractivity contribution in [1.82, 2.24) is 15.1 Å². The fourth-order valence-corrected chi connectivity index (χ4v) is 3.18. The van der Waals surface area contributed by atoms with Crippen molar-refractivity contribution >= 4 is 5.91 Å². The Morgan fingerprint density at radius 1 is 1.07 bits per heavy atom. The summed E-state index contributed by atoms with van der Waals surface area (Å²) in [6.07, 6.45) is 3.01. The van der Waals surface area contributed by atoms with Crippen LogP contribution in [0.4, 0.5) is 0 Å². The summed E-state index contributed by atoms with van der Waals surface area (Å²) in [6, 6.07) is 13.9. The second-order valence-electron chi connectivity index (χ2n) is 7.04. The van der Waals surface area contributed by atoms with Gasteiger partial charge in [-0.15, -0.1) is 0 Å². The maximum absolute atomic E-state index is 12.4. The van der Waals surface area contributed by atoms with E-state index in [0.717, 1.165) is 22.4 Å². The van der Waals surface area contributed by atoms with Crippen molar-refractivity contribution in [2.24, 2.45) is 7.05 Å². The van der Waals surface area contributed by atoms with Crippen LogP contribution in [0.3, 0.4) is 0 Å². The molecule has 0 aliphatic heterocycles. The van der Waals surface area contributed by atoms with Gasteiger partial charge in [0.1, 0.15) is 11.5 Å². The molecule has 0 unspecified atom stereocenters. The molecule has 0 atom stereocenters. The molecule has 1 amide bonds. The summed E-state index contributed by atoms with van der Waals surface area (Å²) in [5.41, 5.74) is 5.19. The largest absolute Gasteiger partial charge is 0.497 e. The summed E-state index contributed by atoms with van der Waals surface area (Å²) in [6.45, 7) is 2.48. The maximum atomic E-state index is 12.4. The number of ether oxygens (including phenoxy) is 2. The zero-order chi connectivity index (χ0) is 20.8. The molecule has 1 heterocycles. The number of aryl methyl sites for hydroxylation is 3. The molecule has 0 radical (unpaired) electrons. The first kappa shape index (κ1) is 20.5. The lowest BCUT2D eigenvalue weighted by Gasteiger charge is -2.10. The van der Waals surface area contributed by atoms with Crippen molar-refractivity contribution in [3.8, 4) is 22.8 Å². The number of nitrogens with zero attached hydrogens (tertiary/aromatic N) is 2. The third kappa shape index (κ3) is 5.38. The summed E-state index contributed by atoms with van der Waals surface area (Å²) in [5.74, 6) is 1.39. The van der Waals surface area contributed by atoms with E-state index >= 15 is 0 Å². The minimum atomic E-state index is -0.00880. The number of carbonyl (C=O) groups excluding carboxylic acids is 1. The Morgan fingerprint density at radius 2 is 1.72 bits per heavy atom. The second-order valence-corrected chi connectivity index (χ2v) is 7.04. The molecule has 0 fully saturated rings. The zero-order valence-electron chi connectivity index (χ0n) is 17.4. The van der Waals surface area contributed by atoms with E-state index in [1.807, 2.05) is 25.4 Å². The predicted octanol–water partition coefficient (Wildman–Crippen LogP) is 3.66. The molecule has 29 heavy (non-hydrogen) atoms. The number of benzene rings is 2. The number of rotatable bonds is 8. The predicted molar refractivity (Wildman–Crippen MR) is 113 cm³/mol. The molecule has 0 saturated heterocycles. The topological polar surface area (TPSA) is 65.4 Å². The van der Waals surface area contributed by atoms with Gasteiger partial charge in [-0.05, 0) is 36.6 Å². The molecule has 6 heteroatoms. The van der Waals surface area contributed by atoms with Crippen molar-refractivity contribution in [3.05, 3.63) is 65.4 Å². The molecule has 3 rings (SSSR count). The Morgan fingerprint density at radius 3 is 2.34 bits per heavy atom. The number of nitrogens with one attached hydrogen (secondary N) is 1. The molecule has 0 aliphatic rings. The summed E-state index contributed by atoms with van der Waals surface area (Å²) in [5, 5.41) is 7.55. The van der Waals surface area contributed by atoms with Crippen molar-refractivity contribution in [1.29, 1.82) is 0 Å². The fraction of sp³-hybridized carbons (Fsp3) is 0.304. The molecule has 6 nitrogen and oxygen atoms in total. The smallest absolute Gasteiger partial charge is 0.220 e. The van der Waals surface area contributed by atoms with E-state index < -0.39 is 0 Å². The van der Waals surface area contributed by atoms with Gasteiger partial charge >= 0.3 is 0 Å². The number of methoxy groups -OCH3 is 2. The molecular formula is C23H27N3O3. The molecule has 0 aliphatic carbocycles. The lowest BCUT2D eigenvalue weighted by atomic mass is 10.0. The van der Waals surface area contributed by atoms with Crippen LogP contribution in [0.1, 0.15) is 23.1 Å². The second kappa shape index (κ2) is 9.28. The first-order valence-electron chi connectivity index (χ1n) is 9.56. The third-order valence-corrected chi connectivity index (χ3v) is 4.75. The van der Waals surface area contributed by atoms with Crippen molar-refractivity contribution < 1.29 is 14.3 Å². The molecule has 2 aromatic carbocycles. The van der Waals surface area contributed by atoms with E-state index in [-0.39, 0.29) is 5.91 Å². The Bertz CT molecular complexity index is 955. The van der Waals surface area contributed by atoms with E-state index in [9.17, 15) is 4.79 Å². The average molecular weight is 393 g/mol. The van der Waals surface area contributed by atoms with Crippen LogP contribution in [0.15, 0.2) is 48.7 Å². The number of carbonyl (C=O) groups is 1. The van der Waals surface area contributed by atoms with E-state index in [1.54, 1.807) is 25.0 Å². The minimum absolute atomic E-state index is 0.00880. The van der Waals surface area contributed by atoms with Crippen molar-refractivity contribution in [2.45, 2.75) is 26.3 Å². The van der Waals surface area contributed by atoms with Gasteiger partial charge in [-0.3, -0.25) is 9.48 Å². The Kier molecular flexibility index (Phi) is 6.54. The summed E-state index contributed by atoms with van der Waals surface area (Å²) >= 11 is 0. The number of hydrogen-bond donors (Lipinski definition) is 1. The standard InChI is InChI=1S/C23H27N3O3/c1-16-5-7-18(8-6-16)23-19(15-26(2)25-23)9-10-22(27)24-14-17-11-20(28-3)13-21(12-17)29-4/h5-8,11-13,15H,9-10,14H2,1-4H3,(H,24,27). The van der Waals surface area contributed by atoms with Gasteiger partial charge in [-0.25, -0.2) is 0 Å². The summed E-state index contributed by atoms with van der Waals surface area (Å²) < 4.78 is 12.3. The first-order valence-corrected chi connectivity index (χ1v) is 9.56. The van der Waals surface area contributed by atoms with E-state index in [1.165, 1.54) is 5.56 Å². The monoisotopic (exact) mass is 393 g/mol. The molecule has 3 aromatic rings. The molecule has 1 aromatic heterocycles. The number of hydrogen-bond acceptors (Lipinski definition) is 4. The highest BCUT2D eigenvalue weighted by Crippen LogP contribution is 2.24. The molecule has 0 spiro atoms. The minimum Gasteiger partial charge on any atom is -0.497 e. The highest BCUT2D eigenvalue weighted by Gasteiger charge is 2.12. The van der Waals surface area contributed by atoms with Crippen molar-refractivity contribution in [3.63, 3.8) is 0 Å². The van der Waals surface area contributed by atoms with Gasteiger partial charge in [-0.2, -0.15) is 5.10 Å². The molecule has 0 saturated carbocycles. The van der Waals surface area contributed by atoms with Gasteiger partial charge in [0.2, 0.25) is 5.91 Å². The first-order chi connectivity index (χ1) is 14.0. The third-order valence-electron chi connectivity index (χ3n) is 4.75. The van der Waals surface area contributed by atoms with Crippen LogP contribution < -0.4 is 14.8 Å². The molecule has 0 bridgehead atoms. The lowest BCUT2D eigenvalue weighted by Crippen LogP contribution is -2.23. The Labute approximate surface area is 171 Å². The van der Waals surface area contributed by atoms with Gasteiger partial charge in [0.25, 0.3) is 0 Å². The zero-order valence-corrected chi connectivity index (χ0v) is 17.4. The Hall–Kier alpha value is -3.28. The van der Waals surface area contributed by atoms with Gasteiger partial charge in [0, 0.05) is 37.8 Å². The van der Waals surface area contributed by atoms with Gasteiger partial charge < -0.3 is 14.8 Å². The highest BCUT2D eigenvalue weighted by atomic mass is 16.5. The lowest BCUT2D eigenvalue weighted by molar-refractivity contribution is -0.121. The number of amides is 1. The molecule has 1 N–H and O–H groups in total. The molecular weight excluding hydrogens is 366 g/mol. The summed E-state index contributed by atoms with van der Waals surface area (Å²) in [4.78, 5) is 12.4. The quantitative estimate of drug-likeness (QED) is 0.634. The van der Waals surface area contributed by atoms with Crippen LogP contribution in [-0.2, 0) is 24.8 Å². The van der Waals surface area contributed by atoms with Crippen LogP contribution >= 0.6 is 0 Å². The summed E-state index contributed by atoms with van der Waals surface area (Å²) in [7, 11) is 5.12. The van der Waals surface area contributed by atoms with Crippen LogP contribution in [0.5, 0.6) is 11.5 Å². The van der Waals surface area contributed by atoms with Gasteiger partial charge in [-0.1, -0.05) is 29.8 Å². The van der Waals surface area contributed by atoms with E-state index in [2.05, 4.69) is 41.6 Å². The average Bonchev–Trinajstić information content (AvgIpc) is 3.11. The van der Waals surface area contributed by atoms with Gasteiger partial charge in [0.05, 0.1) is 19.9 Å². The van der Waals surface area contributed by atoms with Gasteiger partial charge in [0.15, 0.2) is 0 Å². The SMILES string of the molecule is COc1cc(CNC(=O)CCc2cn(C)nc2-c2ccc(C)cc2)cc(OC)c1. The Balaban J connectivity index is 1.61. The number of aromatic nitrogens is 2. The maximum Gasteiger partial charge on any atom is 0.220 e. The van der Waals surface area contributed by atoms with Crippen molar-refractivity contribution in [2.75, 3.05) is 14.2 Å². The van der Waals surface area contributed by atoms with E-state index in [4.69, 9.17) is 9.47 Å². The molecule has 152 valence electrons.